The third kappa shape index (κ3) is 5.79. The standard InChI is InChI=1S/C17H31N3O/c1-3-11-18-15(7-9-16-6-4-5-14-21-16)8-10-17-19-12-13-20(17)2/h12-13,15-16,18H,3-11,14H2,1-2H3. The van der Waals surface area contributed by atoms with E-state index in [1.807, 2.05) is 12.4 Å². The van der Waals surface area contributed by atoms with E-state index in [0.717, 1.165) is 26.0 Å². The van der Waals surface area contributed by atoms with E-state index in [-0.39, 0.29) is 0 Å². The van der Waals surface area contributed by atoms with Crippen LogP contribution in [0.5, 0.6) is 0 Å². The maximum absolute atomic E-state index is 5.86. The first-order valence-corrected chi connectivity index (χ1v) is 8.60. The quantitative estimate of drug-likeness (QED) is 0.760. The van der Waals surface area contributed by atoms with Crippen molar-refractivity contribution in [1.82, 2.24) is 14.9 Å². The molecular formula is C17H31N3O. The van der Waals surface area contributed by atoms with Gasteiger partial charge in [0, 0.05) is 38.5 Å². The first kappa shape index (κ1) is 16.5. The van der Waals surface area contributed by atoms with Gasteiger partial charge in [-0.05, 0) is 51.5 Å². The van der Waals surface area contributed by atoms with Crippen LogP contribution in [-0.4, -0.2) is 34.8 Å². The minimum atomic E-state index is 0.498. The van der Waals surface area contributed by atoms with Gasteiger partial charge in [-0.1, -0.05) is 6.92 Å². The Kier molecular flexibility index (Phi) is 7.24. The molecule has 2 heterocycles. The lowest BCUT2D eigenvalue weighted by atomic mass is 9.99. The Hall–Kier alpha value is -0.870. The summed E-state index contributed by atoms with van der Waals surface area (Å²) in [6.07, 6.45) is 14.1. The summed E-state index contributed by atoms with van der Waals surface area (Å²) in [7, 11) is 2.08. The van der Waals surface area contributed by atoms with Crippen LogP contribution >= 0.6 is 0 Å². The predicted octanol–water partition coefficient (Wildman–Crippen LogP) is 3.07. The molecule has 21 heavy (non-hydrogen) atoms. The fourth-order valence-electron chi connectivity index (χ4n) is 3.06. The lowest BCUT2D eigenvalue weighted by molar-refractivity contribution is 0.00844. The number of hydrogen-bond donors (Lipinski definition) is 1. The second-order valence-electron chi connectivity index (χ2n) is 6.21. The second kappa shape index (κ2) is 9.21. The maximum Gasteiger partial charge on any atom is 0.108 e. The average Bonchev–Trinajstić information content (AvgIpc) is 2.93. The molecule has 1 N–H and O–H groups in total. The number of nitrogens with zero attached hydrogens (tertiary/aromatic N) is 2. The third-order valence-corrected chi connectivity index (χ3v) is 4.43. The topological polar surface area (TPSA) is 39.1 Å². The summed E-state index contributed by atoms with van der Waals surface area (Å²) in [4.78, 5) is 4.43. The fraction of sp³-hybridized carbons (Fsp3) is 0.824. The van der Waals surface area contributed by atoms with Crippen molar-refractivity contribution in [2.75, 3.05) is 13.2 Å². The molecule has 0 radical (unpaired) electrons. The zero-order chi connectivity index (χ0) is 14.9. The van der Waals surface area contributed by atoms with Gasteiger partial charge in [-0.3, -0.25) is 0 Å². The van der Waals surface area contributed by atoms with Gasteiger partial charge in [0.1, 0.15) is 5.82 Å². The smallest absolute Gasteiger partial charge is 0.108 e. The van der Waals surface area contributed by atoms with Crippen LogP contribution in [0.25, 0.3) is 0 Å². The van der Waals surface area contributed by atoms with E-state index in [0.29, 0.717) is 12.1 Å². The molecular weight excluding hydrogens is 262 g/mol. The van der Waals surface area contributed by atoms with E-state index in [2.05, 4.69) is 28.8 Å². The van der Waals surface area contributed by atoms with Crippen LogP contribution in [0.4, 0.5) is 0 Å². The Morgan fingerprint density at radius 3 is 3.00 bits per heavy atom. The number of hydrogen-bond acceptors (Lipinski definition) is 3. The molecule has 1 saturated heterocycles. The molecule has 0 spiro atoms. The molecule has 0 amide bonds. The van der Waals surface area contributed by atoms with Crippen molar-refractivity contribution in [3.63, 3.8) is 0 Å². The van der Waals surface area contributed by atoms with E-state index in [4.69, 9.17) is 4.74 Å². The highest BCUT2D eigenvalue weighted by molar-refractivity contribution is 4.92. The van der Waals surface area contributed by atoms with Crippen molar-refractivity contribution >= 4 is 0 Å². The number of ether oxygens (including phenoxy) is 1. The van der Waals surface area contributed by atoms with Gasteiger partial charge in [0.15, 0.2) is 0 Å². The zero-order valence-electron chi connectivity index (χ0n) is 13.7. The Morgan fingerprint density at radius 1 is 1.43 bits per heavy atom. The Morgan fingerprint density at radius 2 is 2.33 bits per heavy atom. The van der Waals surface area contributed by atoms with Crippen LogP contribution in [0.3, 0.4) is 0 Å². The minimum absolute atomic E-state index is 0.498. The molecule has 0 aliphatic carbocycles. The number of nitrogens with one attached hydrogen (secondary N) is 1. The number of aromatic nitrogens is 2. The van der Waals surface area contributed by atoms with Gasteiger partial charge < -0.3 is 14.6 Å². The van der Waals surface area contributed by atoms with E-state index < -0.39 is 0 Å². The summed E-state index contributed by atoms with van der Waals surface area (Å²) < 4.78 is 7.98. The van der Waals surface area contributed by atoms with Crippen LogP contribution in [-0.2, 0) is 18.2 Å². The Labute approximate surface area is 129 Å². The Bertz CT molecular complexity index is 385. The van der Waals surface area contributed by atoms with Crippen molar-refractivity contribution in [1.29, 1.82) is 0 Å². The molecule has 0 bridgehead atoms. The first-order chi connectivity index (χ1) is 10.3. The summed E-state index contributed by atoms with van der Waals surface area (Å²) >= 11 is 0. The van der Waals surface area contributed by atoms with Crippen LogP contribution in [0.1, 0.15) is 57.7 Å². The molecule has 0 saturated carbocycles. The monoisotopic (exact) mass is 293 g/mol. The highest BCUT2D eigenvalue weighted by Gasteiger charge is 2.17. The molecule has 2 unspecified atom stereocenters. The van der Waals surface area contributed by atoms with Gasteiger partial charge in [-0.25, -0.2) is 4.98 Å². The molecule has 1 aliphatic rings. The molecule has 1 fully saturated rings. The fourth-order valence-corrected chi connectivity index (χ4v) is 3.06. The van der Waals surface area contributed by atoms with Crippen molar-refractivity contribution < 1.29 is 4.74 Å². The maximum atomic E-state index is 5.86. The molecule has 2 rings (SSSR count). The molecule has 1 aliphatic heterocycles. The average molecular weight is 293 g/mol. The summed E-state index contributed by atoms with van der Waals surface area (Å²) in [6, 6.07) is 0.590. The van der Waals surface area contributed by atoms with Crippen molar-refractivity contribution in [3.05, 3.63) is 18.2 Å². The summed E-state index contributed by atoms with van der Waals surface area (Å²) in [5, 5.41) is 3.70. The summed E-state index contributed by atoms with van der Waals surface area (Å²) in [5.41, 5.74) is 0. The van der Waals surface area contributed by atoms with Gasteiger partial charge in [-0.15, -0.1) is 0 Å². The molecule has 4 heteroatoms. The second-order valence-corrected chi connectivity index (χ2v) is 6.21. The van der Waals surface area contributed by atoms with Gasteiger partial charge in [-0.2, -0.15) is 0 Å². The van der Waals surface area contributed by atoms with Crippen LogP contribution < -0.4 is 5.32 Å². The molecule has 1 aromatic rings. The minimum Gasteiger partial charge on any atom is -0.378 e. The van der Waals surface area contributed by atoms with Crippen LogP contribution in [0.2, 0.25) is 0 Å². The van der Waals surface area contributed by atoms with Crippen molar-refractivity contribution in [3.8, 4) is 0 Å². The van der Waals surface area contributed by atoms with E-state index >= 15 is 0 Å². The molecule has 4 nitrogen and oxygen atoms in total. The van der Waals surface area contributed by atoms with Crippen LogP contribution in [0, 0.1) is 0 Å². The highest BCUT2D eigenvalue weighted by atomic mass is 16.5. The Balaban J connectivity index is 1.75. The van der Waals surface area contributed by atoms with Gasteiger partial charge >= 0.3 is 0 Å². The van der Waals surface area contributed by atoms with Gasteiger partial charge in [0.25, 0.3) is 0 Å². The van der Waals surface area contributed by atoms with E-state index in [1.54, 1.807) is 0 Å². The normalized spacial score (nSPS) is 20.6. The van der Waals surface area contributed by atoms with Crippen molar-refractivity contribution in [2.24, 2.45) is 7.05 Å². The third-order valence-electron chi connectivity index (χ3n) is 4.43. The summed E-state index contributed by atoms with van der Waals surface area (Å²) in [5.74, 6) is 1.19. The van der Waals surface area contributed by atoms with Crippen molar-refractivity contribution in [2.45, 2.75) is 70.4 Å². The molecule has 0 aromatic carbocycles. The van der Waals surface area contributed by atoms with E-state index in [9.17, 15) is 0 Å². The van der Waals surface area contributed by atoms with Gasteiger partial charge in [0.2, 0.25) is 0 Å². The largest absolute Gasteiger partial charge is 0.378 e. The number of rotatable bonds is 9. The zero-order valence-corrected chi connectivity index (χ0v) is 13.7. The SMILES string of the molecule is CCCNC(CCc1nccn1C)CCC1CCCCO1. The first-order valence-electron chi connectivity index (χ1n) is 8.60. The van der Waals surface area contributed by atoms with E-state index in [1.165, 1.54) is 44.3 Å². The lowest BCUT2D eigenvalue weighted by Gasteiger charge is -2.25. The van der Waals surface area contributed by atoms with Crippen LogP contribution in [0.15, 0.2) is 12.4 Å². The highest BCUT2D eigenvalue weighted by Crippen LogP contribution is 2.19. The molecule has 2 atom stereocenters. The lowest BCUT2D eigenvalue weighted by Crippen LogP contribution is -2.32. The summed E-state index contributed by atoms with van der Waals surface area (Å²) in [6.45, 7) is 4.30. The number of aryl methyl sites for hydroxylation is 2. The predicted molar refractivity (Wildman–Crippen MR) is 86.4 cm³/mol. The molecule has 1 aromatic heterocycles. The number of imidazole rings is 1. The van der Waals surface area contributed by atoms with Gasteiger partial charge in [0.05, 0.1) is 6.10 Å². The molecule has 120 valence electrons.